The number of nitrogens with zero attached hydrogens (tertiary/aromatic N) is 1. The summed E-state index contributed by atoms with van der Waals surface area (Å²) in [6, 6.07) is 7.74. The van der Waals surface area contributed by atoms with E-state index in [0.29, 0.717) is 10.9 Å². The van der Waals surface area contributed by atoms with Crippen LogP contribution in [-0.4, -0.2) is 23.5 Å². The Balaban J connectivity index is 2.11. The largest absolute Gasteiger partial charge is 0.465 e. The number of alkyl halides is 1. The first-order chi connectivity index (χ1) is 12.7. The lowest BCUT2D eigenvalue weighted by Crippen LogP contribution is -2.10. The van der Waals surface area contributed by atoms with Gasteiger partial charge in [-0.15, -0.1) is 11.6 Å². The number of aromatic nitrogens is 1. The van der Waals surface area contributed by atoms with E-state index in [-0.39, 0.29) is 5.97 Å². The Kier molecular flexibility index (Phi) is 6.66. The second-order valence-electron chi connectivity index (χ2n) is 6.76. The van der Waals surface area contributed by atoms with Crippen molar-refractivity contribution >= 4 is 29.2 Å². The van der Waals surface area contributed by atoms with Crippen molar-refractivity contribution in [2.75, 3.05) is 13.0 Å². The van der Waals surface area contributed by atoms with Crippen molar-refractivity contribution in [3.05, 3.63) is 46.1 Å². The quantitative estimate of drug-likeness (QED) is 0.333. The van der Waals surface area contributed by atoms with Crippen LogP contribution in [0.4, 0.5) is 0 Å². The number of methoxy groups -OCH3 is 1. The van der Waals surface area contributed by atoms with Gasteiger partial charge in [0.25, 0.3) is 0 Å². The van der Waals surface area contributed by atoms with Crippen LogP contribution in [0.25, 0.3) is 11.3 Å². The van der Waals surface area contributed by atoms with Crippen LogP contribution in [0.2, 0.25) is 5.02 Å². The molecular weight excluding hydrogens is 369 g/mol. The predicted octanol–water partition coefficient (Wildman–Crippen LogP) is 5.88. The van der Waals surface area contributed by atoms with E-state index in [0.717, 1.165) is 61.9 Å². The van der Waals surface area contributed by atoms with E-state index in [4.69, 9.17) is 27.9 Å². The maximum atomic E-state index is 12.7. The smallest absolute Gasteiger partial charge is 0.340 e. The third kappa shape index (κ3) is 3.94. The summed E-state index contributed by atoms with van der Waals surface area (Å²) < 4.78 is 7.49. The van der Waals surface area contributed by atoms with Gasteiger partial charge in [-0.25, -0.2) is 4.79 Å². The molecule has 0 spiro atoms. The average molecular weight is 394 g/mol. The number of fused-ring (bicyclic) bond motifs is 1. The van der Waals surface area contributed by atoms with Crippen LogP contribution in [0.1, 0.15) is 53.7 Å². The van der Waals surface area contributed by atoms with E-state index in [1.807, 2.05) is 24.3 Å². The number of unbranched alkanes of at least 4 members (excludes halogenated alkanes) is 2. The van der Waals surface area contributed by atoms with E-state index < -0.39 is 0 Å². The lowest BCUT2D eigenvalue weighted by atomic mass is 9.93. The van der Waals surface area contributed by atoms with Gasteiger partial charge in [-0.05, 0) is 61.8 Å². The molecule has 1 heterocycles. The highest BCUT2D eigenvalue weighted by atomic mass is 35.5. The fourth-order valence-electron chi connectivity index (χ4n) is 3.89. The van der Waals surface area contributed by atoms with Crippen molar-refractivity contribution in [1.82, 2.24) is 4.57 Å². The molecule has 0 N–H and O–H groups in total. The van der Waals surface area contributed by atoms with Crippen molar-refractivity contribution in [2.24, 2.45) is 0 Å². The molecule has 3 rings (SSSR count). The summed E-state index contributed by atoms with van der Waals surface area (Å²) in [6.45, 7) is 0.897. The van der Waals surface area contributed by atoms with Gasteiger partial charge in [0.1, 0.15) is 0 Å². The van der Waals surface area contributed by atoms with Gasteiger partial charge in [-0.3, -0.25) is 0 Å². The number of hydrogen-bond acceptors (Lipinski definition) is 2. The Hall–Kier alpha value is -1.45. The molecule has 0 atom stereocenters. The van der Waals surface area contributed by atoms with Crippen LogP contribution < -0.4 is 0 Å². The molecule has 0 saturated carbocycles. The summed E-state index contributed by atoms with van der Waals surface area (Å²) in [7, 11) is 1.46. The van der Waals surface area contributed by atoms with Crippen LogP contribution in [-0.2, 0) is 24.1 Å². The standard InChI is InChI=1S/C21H25Cl2NO2/c1-26-21(25)19-17-7-3-4-8-18(17)24(14-6-2-5-13-22)20(19)15-9-11-16(23)12-10-15/h9-12H,2-8,13-14H2,1H3. The summed E-state index contributed by atoms with van der Waals surface area (Å²) in [4.78, 5) is 12.7. The minimum atomic E-state index is -0.243. The van der Waals surface area contributed by atoms with Crippen LogP contribution in [0.15, 0.2) is 24.3 Å². The molecule has 2 aromatic rings. The van der Waals surface area contributed by atoms with Crippen molar-refractivity contribution in [1.29, 1.82) is 0 Å². The fourth-order valence-corrected chi connectivity index (χ4v) is 4.20. The Morgan fingerprint density at radius 1 is 1.12 bits per heavy atom. The van der Waals surface area contributed by atoms with Crippen LogP contribution in [0.3, 0.4) is 0 Å². The third-order valence-corrected chi connectivity index (χ3v) is 5.61. The zero-order chi connectivity index (χ0) is 18.5. The number of esters is 1. The highest BCUT2D eigenvalue weighted by molar-refractivity contribution is 6.30. The second-order valence-corrected chi connectivity index (χ2v) is 7.57. The van der Waals surface area contributed by atoms with Gasteiger partial charge in [0, 0.05) is 23.1 Å². The molecule has 0 aliphatic heterocycles. The first-order valence-electron chi connectivity index (χ1n) is 9.31. The number of ether oxygens (including phenoxy) is 1. The molecule has 0 amide bonds. The van der Waals surface area contributed by atoms with E-state index in [1.165, 1.54) is 24.8 Å². The highest BCUT2D eigenvalue weighted by Crippen LogP contribution is 2.37. The van der Waals surface area contributed by atoms with Gasteiger partial charge in [0.2, 0.25) is 0 Å². The van der Waals surface area contributed by atoms with Gasteiger partial charge >= 0.3 is 5.97 Å². The number of rotatable bonds is 7. The van der Waals surface area contributed by atoms with Crippen LogP contribution in [0, 0.1) is 0 Å². The molecular formula is C21H25Cl2NO2. The predicted molar refractivity (Wildman–Crippen MR) is 107 cm³/mol. The zero-order valence-corrected chi connectivity index (χ0v) is 16.7. The molecule has 0 radical (unpaired) electrons. The first-order valence-corrected chi connectivity index (χ1v) is 10.2. The number of benzene rings is 1. The zero-order valence-electron chi connectivity index (χ0n) is 15.2. The monoisotopic (exact) mass is 393 g/mol. The fraction of sp³-hybridized carbons (Fsp3) is 0.476. The first kappa shape index (κ1) is 19.3. The Morgan fingerprint density at radius 3 is 2.54 bits per heavy atom. The van der Waals surface area contributed by atoms with Crippen molar-refractivity contribution in [3.8, 4) is 11.3 Å². The average Bonchev–Trinajstić information content (AvgIpc) is 2.99. The second kappa shape index (κ2) is 8.96. The third-order valence-electron chi connectivity index (χ3n) is 5.10. The molecule has 3 nitrogen and oxygen atoms in total. The Labute approximate surface area is 165 Å². The number of hydrogen-bond donors (Lipinski definition) is 0. The normalized spacial score (nSPS) is 13.5. The van der Waals surface area contributed by atoms with Gasteiger partial charge in [0.05, 0.1) is 18.4 Å². The van der Waals surface area contributed by atoms with Crippen molar-refractivity contribution < 1.29 is 9.53 Å². The SMILES string of the molecule is COC(=O)c1c2c(n(CCCCCCl)c1-c1ccc(Cl)cc1)CCCC2. The van der Waals surface area contributed by atoms with Gasteiger partial charge in [-0.2, -0.15) is 0 Å². The maximum absolute atomic E-state index is 12.7. The summed E-state index contributed by atoms with van der Waals surface area (Å²) >= 11 is 11.9. The van der Waals surface area contributed by atoms with Gasteiger partial charge < -0.3 is 9.30 Å². The van der Waals surface area contributed by atoms with E-state index >= 15 is 0 Å². The van der Waals surface area contributed by atoms with Crippen molar-refractivity contribution in [3.63, 3.8) is 0 Å². The molecule has 26 heavy (non-hydrogen) atoms. The molecule has 1 aromatic carbocycles. The molecule has 0 unspecified atom stereocenters. The summed E-state index contributed by atoms with van der Waals surface area (Å²) in [5, 5.41) is 0.693. The molecule has 140 valence electrons. The Bertz CT molecular complexity index is 765. The molecule has 1 aromatic heterocycles. The van der Waals surface area contributed by atoms with Crippen LogP contribution in [0.5, 0.6) is 0 Å². The van der Waals surface area contributed by atoms with E-state index in [9.17, 15) is 4.79 Å². The number of halogens is 2. The molecule has 1 aliphatic carbocycles. The minimum absolute atomic E-state index is 0.243. The topological polar surface area (TPSA) is 31.2 Å². The number of carbonyl (C=O) groups is 1. The van der Waals surface area contributed by atoms with Crippen molar-refractivity contribution in [2.45, 2.75) is 51.5 Å². The minimum Gasteiger partial charge on any atom is -0.465 e. The molecule has 0 bridgehead atoms. The van der Waals surface area contributed by atoms with E-state index in [1.54, 1.807) is 0 Å². The van der Waals surface area contributed by atoms with Gasteiger partial charge in [-0.1, -0.05) is 30.2 Å². The lowest BCUT2D eigenvalue weighted by Gasteiger charge is -2.17. The summed E-state index contributed by atoms with van der Waals surface area (Å²) in [5.74, 6) is 0.453. The molecule has 0 saturated heterocycles. The van der Waals surface area contributed by atoms with E-state index in [2.05, 4.69) is 4.57 Å². The lowest BCUT2D eigenvalue weighted by molar-refractivity contribution is 0.0600. The highest BCUT2D eigenvalue weighted by Gasteiger charge is 2.29. The Morgan fingerprint density at radius 2 is 1.85 bits per heavy atom. The maximum Gasteiger partial charge on any atom is 0.340 e. The molecule has 5 heteroatoms. The molecule has 0 fully saturated rings. The number of carbonyl (C=O) groups excluding carboxylic acids is 1. The van der Waals surface area contributed by atoms with Crippen LogP contribution >= 0.6 is 23.2 Å². The van der Waals surface area contributed by atoms with Gasteiger partial charge in [0.15, 0.2) is 0 Å². The summed E-state index contributed by atoms with van der Waals surface area (Å²) in [6.07, 6.45) is 7.40. The summed E-state index contributed by atoms with van der Waals surface area (Å²) in [5.41, 5.74) is 5.20. The molecule has 1 aliphatic rings.